The summed E-state index contributed by atoms with van der Waals surface area (Å²) < 4.78 is 0. The number of hydrogen-bond donors (Lipinski definition) is 0. The van der Waals surface area contributed by atoms with Crippen molar-refractivity contribution in [3.63, 3.8) is 0 Å². The molecule has 0 bridgehead atoms. The third-order valence-corrected chi connectivity index (χ3v) is 1.81. The lowest BCUT2D eigenvalue weighted by Crippen LogP contribution is -2.25. The van der Waals surface area contributed by atoms with E-state index in [0.29, 0.717) is 5.91 Å². The first-order valence-corrected chi connectivity index (χ1v) is 5.54. The van der Waals surface area contributed by atoms with E-state index >= 15 is 0 Å². The average molecular weight is 187 g/mol. The van der Waals surface area contributed by atoms with E-state index in [1.807, 2.05) is 39.6 Å². The predicted molar refractivity (Wildman–Crippen MR) is 58.8 cm³/mol. The fourth-order valence-electron chi connectivity index (χ4n) is 1.12. The van der Waals surface area contributed by atoms with Crippen molar-refractivity contribution in [3.8, 4) is 0 Å². The van der Waals surface area contributed by atoms with E-state index in [0.717, 1.165) is 19.4 Å². The molecule has 13 heavy (non-hydrogen) atoms. The summed E-state index contributed by atoms with van der Waals surface area (Å²) in [6, 6.07) is 0. The molecule has 0 aromatic heterocycles. The molecule has 1 fully saturated rings. The number of hydrogen-bond acceptors (Lipinski definition) is 1. The molecule has 0 spiro atoms. The van der Waals surface area contributed by atoms with Gasteiger partial charge in [-0.05, 0) is 12.8 Å². The molecule has 2 heteroatoms. The van der Waals surface area contributed by atoms with Crippen LogP contribution >= 0.6 is 0 Å². The van der Waals surface area contributed by atoms with Crippen LogP contribution in [0.25, 0.3) is 0 Å². The van der Waals surface area contributed by atoms with Crippen molar-refractivity contribution in [1.82, 2.24) is 4.90 Å². The van der Waals surface area contributed by atoms with Gasteiger partial charge in [-0.3, -0.25) is 4.79 Å². The van der Waals surface area contributed by atoms with Gasteiger partial charge < -0.3 is 4.90 Å². The van der Waals surface area contributed by atoms with Crippen molar-refractivity contribution in [3.05, 3.63) is 0 Å². The van der Waals surface area contributed by atoms with Crippen molar-refractivity contribution >= 4 is 5.91 Å². The van der Waals surface area contributed by atoms with Crippen LogP contribution in [0.5, 0.6) is 0 Å². The zero-order chi connectivity index (χ0) is 10.7. The molecule has 0 unspecified atom stereocenters. The maximum Gasteiger partial charge on any atom is 0.222 e. The van der Waals surface area contributed by atoms with Crippen LogP contribution in [-0.4, -0.2) is 24.4 Å². The van der Waals surface area contributed by atoms with Crippen LogP contribution in [0.1, 0.15) is 53.4 Å². The lowest BCUT2D eigenvalue weighted by atomic mass is 10.2. The minimum atomic E-state index is 0.313. The van der Waals surface area contributed by atoms with Crippen molar-refractivity contribution in [2.24, 2.45) is 0 Å². The Hall–Kier alpha value is -0.530. The van der Waals surface area contributed by atoms with Crippen molar-refractivity contribution < 1.29 is 4.79 Å². The van der Waals surface area contributed by atoms with Gasteiger partial charge in [-0.2, -0.15) is 0 Å². The topological polar surface area (TPSA) is 20.3 Å². The molecule has 1 rings (SSSR count). The Labute approximate surface area is 83.3 Å². The minimum Gasteiger partial charge on any atom is -0.346 e. The number of carbonyl (C=O) groups excluding carboxylic acids is 1. The smallest absolute Gasteiger partial charge is 0.222 e. The Morgan fingerprint density at radius 1 is 1.00 bits per heavy atom. The molecule has 1 amide bonds. The summed E-state index contributed by atoms with van der Waals surface area (Å²) >= 11 is 0. The maximum atomic E-state index is 10.9. The summed E-state index contributed by atoms with van der Waals surface area (Å²) in [6.45, 7) is 8.96. The molecule has 0 aliphatic carbocycles. The van der Waals surface area contributed by atoms with Gasteiger partial charge in [-0.1, -0.05) is 34.1 Å². The van der Waals surface area contributed by atoms with Gasteiger partial charge in [0.25, 0.3) is 0 Å². The molecule has 2 nitrogen and oxygen atoms in total. The molecule has 1 aliphatic rings. The van der Waals surface area contributed by atoms with Crippen LogP contribution in [0.2, 0.25) is 0 Å². The number of nitrogens with zero attached hydrogens (tertiary/aromatic N) is 1. The molecule has 0 N–H and O–H groups in total. The quantitative estimate of drug-likeness (QED) is 0.570. The summed E-state index contributed by atoms with van der Waals surface area (Å²) in [4.78, 5) is 12.8. The summed E-state index contributed by atoms with van der Waals surface area (Å²) in [5, 5.41) is 0. The predicted octanol–water partition coefficient (Wildman–Crippen LogP) is 3.07. The molecular weight excluding hydrogens is 162 g/mol. The third kappa shape index (κ3) is 7.82. The molecule has 1 heterocycles. The van der Waals surface area contributed by atoms with Gasteiger partial charge in [0.05, 0.1) is 0 Å². The SMILES string of the molecule is CC.CC.CN1CCCCCC1=O. The zero-order valence-corrected chi connectivity index (χ0v) is 9.89. The maximum absolute atomic E-state index is 10.9. The van der Waals surface area contributed by atoms with Gasteiger partial charge in [0.1, 0.15) is 0 Å². The van der Waals surface area contributed by atoms with Gasteiger partial charge in [-0.15, -0.1) is 0 Å². The molecule has 80 valence electrons. The number of likely N-dealkylation sites (tertiary alicyclic amines) is 1. The molecule has 1 saturated heterocycles. The van der Waals surface area contributed by atoms with Crippen molar-refractivity contribution in [1.29, 1.82) is 0 Å². The van der Waals surface area contributed by atoms with E-state index < -0.39 is 0 Å². The lowest BCUT2D eigenvalue weighted by molar-refractivity contribution is -0.129. The minimum absolute atomic E-state index is 0.313. The summed E-state index contributed by atoms with van der Waals surface area (Å²) in [6.07, 6.45) is 4.25. The second-order valence-electron chi connectivity index (χ2n) is 2.63. The van der Waals surface area contributed by atoms with Gasteiger partial charge in [0, 0.05) is 20.0 Å². The van der Waals surface area contributed by atoms with E-state index in [9.17, 15) is 4.79 Å². The fraction of sp³-hybridized carbons (Fsp3) is 0.909. The van der Waals surface area contributed by atoms with E-state index in [1.54, 1.807) is 0 Å². The molecule has 0 saturated carbocycles. The van der Waals surface area contributed by atoms with Crippen LogP contribution in [-0.2, 0) is 4.79 Å². The van der Waals surface area contributed by atoms with E-state index in [-0.39, 0.29) is 0 Å². The Morgan fingerprint density at radius 2 is 1.54 bits per heavy atom. The average Bonchev–Trinajstić information content (AvgIpc) is 2.39. The second-order valence-corrected chi connectivity index (χ2v) is 2.63. The van der Waals surface area contributed by atoms with Crippen LogP contribution in [0.3, 0.4) is 0 Å². The molecule has 1 aliphatic heterocycles. The van der Waals surface area contributed by atoms with Crippen LogP contribution < -0.4 is 0 Å². The molecular formula is C11H25NO. The summed E-state index contributed by atoms with van der Waals surface area (Å²) in [7, 11) is 1.88. The van der Waals surface area contributed by atoms with Crippen molar-refractivity contribution in [2.45, 2.75) is 53.4 Å². The first-order chi connectivity index (χ1) is 6.30. The largest absolute Gasteiger partial charge is 0.346 e. The normalized spacial score (nSPS) is 16.1. The van der Waals surface area contributed by atoms with Gasteiger partial charge in [0.2, 0.25) is 5.91 Å². The highest BCUT2D eigenvalue weighted by Crippen LogP contribution is 2.08. The monoisotopic (exact) mass is 187 g/mol. The summed E-state index contributed by atoms with van der Waals surface area (Å²) in [5.74, 6) is 0.313. The highest BCUT2D eigenvalue weighted by Gasteiger charge is 2.10. The molecule has 0 atom stereocenters. The Balaban J connectivity index is 0. The number of carbonyl (C=O) groups is 1. The van der Waals surface area contributed by atoms with Gasteiger partial charge >= 0.3 is 0 Å². The molecule has 0 aromatic carbocycles. The Morgan fingerprint density at radius 3 is 2.08 bits per heavy atom. The number of rotatable bonds is 0. The van der Waals surface area contributed by atoms with E-state index in [4.69, 9.17) is 0 Å². The third-order valence-electron chi connectivity index (χ3n) is 1.81. The fourth-order valence-corrected chi connectivity index (χ4v) is 1.12. The van der Waals surface area contributed by atoms with Gasteiger partial charge in [-0.25, -0.2) is 0 Å². The van der Waals surface area contributed by atoms with E-state index in [2.05, 4.69) is 0 Å². The van der Waals surface area contributed by atoms with Crippen LogP contribution in [0, 0.1) is 0 Å². The summed E-state index contributed by atoms with van der Waals surface area (Å²) in [5.41, 5.74) is 0. The highest BCUT2D eigenvalue weighted by atomic mass is 16.2. The van der Waals surface area contributed by atoms with Crippen LogP contribution in [0.4, 0.5) is 0 Å². The zero-order valence-electron chi connectivity index (χ0n) is 9.89. The Kier molecular flexibility index (Phi) is 13.2. The molecule has 0 radical (unpaired) electrons. The van der Waals surface area contributed by atoms with Gasteiger partial charge in [0.15, 0.2) is 0 Å². The molecule has 0 aromatic rings. The second kappa shape index (κ2) is 11.5. The van der Waals surface area contributed by atoms with E-state index in [1.165, 1.54) is 12.8 Å². The Bertz CT molecular complexity index is 113. The number of amides is 1. The first kappa shape index (κ1) is 15.0. The lowest BCUT2D eigenvalue weighted by Gasteiger charge is -2.11. The standard InChI is InChI=1S/C7H13NO.2C2H6/c1-8-6-4-2-3-5-7(8)9;2*1-2/h2-6H2,1H3;2*1-2H3. The van der Waals surface area contributed by atoms with Crippen LogP contribution in [0.15, 0.2) is 0 Å². The van der Waals surface area contributed by atoms with Crippen molar-refractivity contribution in [2.75, 3.05) is 13.6 Å². The highest BCUT2D eigenvalue weighted by molar-refractivity contribution is 5.75. The first-order valence-electron chi connectivity index (χ1n) is 5.54.